The van der Waals surface area contributed by atoms with Crippen molar-refractivity contribution in [3.8, 4) is 0 Å². The molecule has 0 aliphatic heterocycles. The Balaban J connectivity index is 2.22. The zero-order valence-electron chi connectivity index (χ0n) is 8.81. The second-order valence-electron chi connectivity index (χ2n) is 3.51. The molecular formula is C10H13N5. The van der Waals surface area contributed by atoms with Crippen molar-refractivity contribution in [2.24, 2.45) is 0 Å². The topological polar surface area (TPSA) is 69.6 Å². The highest BCUT2D eigenvalue weighted by Crippen LogP contribution is 2.07. The molecule has 0 radical (unpaired) electrons. The molecule has 0 spiro atoms. The van der Waals surface area contributed by atoms with Crippen molar-refractivity contribution in [3.05, 3.63) is 35.5 Å². The molecule has 2 heterocycles. The lowest BCUT2D eigenvalue weighted by molar-refractivity contribution is 0.655. The number of aryl methyl sites for hydroxylation is 2. The molecule has 5 nitrogen and oxygen atoms in total. The van der Waals surface area contributed by atoms with Gasteiger partial charge in [0.05, 0.1) is 0 Å². The van der Waals surface area contributed by atoms with Crippen LogP contribution in [0.4, 0.5) is 5.82 Å². The number of hydrogen-bond acceptors (Lipinski definition) is 4. The molecule has 0 aliphatic rings. The molecule has 78 valence electrons. The normalized spacial score (nSPS) is 10.5. The van der Waals surface area contributed by atoms with E-state index in [2.05, 4.69) is 15.1 Å². The highest BCUT2D eigenvalue weighted by molar-refractivity contribution is 5.35. The van der Waals surface area contributed by atoms with E-state index in [9.17, 15) is 0 Å². The molecule has 2 aromatic heterocycles. The Morgan fingerprint density at radius 2 is 2.20 bits per heavy atom. The van der Waals surface area contributed by atoms with Crippen LogP contribution in [0.2, 0.25) is 0 Å². The monoisotopic (exact) mass is 203 g/mol. The van der Waals surface area contributed by atoms with Crippen molar-refractivity contribution in [2.75, 3.05) is 5.73 Å². The van der Waals surface area contributed by atoms with Crippen LogP contribution in [-0.2, 0) is 6.54 Å². The van der Waals surface area contributed by atoms with Crippen LogP contribution < -0.4 is 5.73 Å². The summed E-state index contributed by atoms with van der Waals surface area (Å²) in [5.41, 5.74) is 7.58. The van der Waals surface area contributed by atoms with E-state index in [-0.39, 0.29) is 0 Å². The van der Waals surface area contributed by atoms with Gasteiger partial charge in [-0.1, -0.05) is 0 Å². The minimum Gasteiger partial charge on any atom is -0.382 e. The fraction of sp³-hybridized carbons (Fsp3) is 0.300. The van der Waals surface area contributed by atoms with Crippen LogP contribution in [0.5, 0.6) is 0 Å². The van der Waals surface area contributed by atoms with E-state index in [0.29, 0.717) is 12.4 Å². The SMILES string of the molecule is Cc1ccnc(Cn2cc(C)c(N)n2)n1. The maximum Gasteiger partial charge on any atom is 0.149 e. The zero-order valence-corrected chi connectivity index (χ0v) is 8.81. The van der Waals surface area contributed by atoms with Gasteiger partial charge < -0.3 is 5.73 Å². The van der Waals surface area contributed by atoms with Gasteiger partial charge in [-0.2, -0.15) is 5.10 Å². The summed E-state index contributed by atoms with van der Waals surface area (Å²) in [6, 6.07) is 1.87. The first kappa shape index (κ1) is 9.64. The van der Waals surface area contributed by atoms with E-state index in [0.717, 1.165) is 17.1 Å². The van der Waals surface area contributed by atoms with Gasteiger partial charge in [0.15, 0.2) is 0 Å². The smallest absolute Gasteiger partial charge is 0.149 e. The van der Waals surface area contributed by atoms with Crippen LogP contribution >= 0.6 is 0 Å². The molecule has 0 saturated heterocycles. The summed E-state index contributed by atoms with van der Waals surface area (Å²) in [6.45, 7) is 4.42. The molecule has 0 amide bonds. The van der Waals surface area contributed by atoms with Gasteiger partial charge in [-0.05, 0) is 19.9 Å². The summed E-state index contributed by atoms with van der Waals surface area (Å²) in [6.07, 6.45) is 3.64. The van der Waals surface area contributed by atoms with Gasteiger partial charge in [-0.25, -0.2) is 9.97 Å². The molecule has 15 heavy (non-hydrogen) atoms. The van der Waals surface area contributed by atoms with Crippen LogP contribution in [0.1, 0.15) is 17.1 Å². The standard InChI is InChI=1S/C10H13N5/c1-7-5-15(14-10(7)11)6-9-12-4-3-8(2)13-9/h3-5H,6H2,1-2H3,(H2,11,14). The first-order chi connectivity index (χ1) is 7.15. The Morgan fingerprint density at radius 1 is 1.40 bits per heavy atom. The van der Waals surface area contributed by atoms with Crippen molar-refractivity contribution < 1.29 is 0 Å². The maximum absolute atomic E-state index is 5.65. The molecular weight excluding hydrogens is 190 g/mol. The number of aromatic nitrogens is 4. The average molecular weight is 203 g/mol. The van der Waals surface area contributed by atoms with Gasteiger partial charge in [-0.3, -0.25) is 4.68 Å². The van der Waals surface area contributed by atoms with Crippen molar-refractivity contribution >= 4 is 5.82 Å². The number of nitrogens with zero attached hydrogens (tertiary/aromatic N) is 4. The minimum atomic E-state index is 0.555. The predicted molar refractivity (Wildman–Crippen MR) is 57.2 cm³/mol. The fourth-order valence-electron chi connectivity index (χ4n) is 1.34. The molecule has 0 fully saturated rings. The third-order valence-electron chi connectivity index (χ3n) is 2.13. The highest BCUT2D eigenvalue weighted by Gasteiger charge is 2.03. The number of nitrogen functional groups attached to an aromatic ring is 1. The quantitative estimate of drug-likeness (QED) is 0.788. The molecule has 0 saturated carbocycles. The van der Waals surface area contributed by atoms with Gasteiger partial charge in [0.25, 0.3) is 0 Å². The van der Waals surface area contributed by atoms with Crippen molar-refractivity contribution in [1.29, 1.82) is 0 Å². The fourth-order valence-corrected chi connectivity index (χ4v) is 1.34. The lowest BCUT2D eigenvalue weighted by atomic mass is 10.4. The minimum absolute atomic E-state index is 0.555. The summed E-state index contributed by atoms with van der Waals surface area (Å²) < 4.78 is 1.75. The second-order valence-corrected chi connectivity index (χ2v) is 3.51. The van der Waals surface area contributed by atoms with Crippen LogP contribution in [-0.4, -0.2) is 19.7 Å². The van der Waals surface area contributed by atoms with E-state index >= 15 is 0 Å². The molecule has 0 aliphatic carbocycles. The summed E-state index contributed by atoms with van der Waals surface area (Å²) in [4.78, 5) is 8.46. The number of nitrogens with two attached hydrogens (primary N) is 1. The zero-order chi connectivity index (χ0) is 10.8. The molecule has 2 N–H and O–H groups in total. The Morgan fingerprint density at radius 3 is 2.80 bits per heavy atom. The van der Waals surface area contributed by atoms with E-state index in [1.54, 1.807) is 10.9 Å². The van der Waals surface area contributed by atoms with Crippen molar-refractivity contribution in [1.82, 2.24) is 19.7 Å². The van der Waals surface area contributed by atoms with E-state index < -0.39 is 0 Å². The first-order valence-electron chi connectivity index (χ1n) is 4.73. The van der Waals surface area contributed by atoms with Gasteiger partial charge in [0, 0.05) is 23.7 Å². The highest BCUT2D eigenvalue weighted by atomic mass is 15.3. The largest absolute Gasteiger partial charge is 0.382 e. The predicted octanol–water partition coefficient (Wildman–Crippen LogP) is 0.920. The first-order valence-corrected chi connectivity index (χ1v) is 4.73. The molecule has 2 aromatic rings. The van der Waals surface area contributed by atoms with Crippen molar-refractivity contribution in [3.63, 3.8) is 0 Å². The van der Waals surface area contributed by atoms with Gasteiger partial charge in [-0.15, -0.1) is 0 Å². The van der Waals surface area contributed by atoms with E-state index in [4.69, 9.17) is 5.73 Å². The molecule has 0 atom stereocenters. The average Bonchev–Trinajstić information content (AvgIpc) is 2.45. The van der Waals surface area contributed by atoms with Crippen LogP contribution in [0.25, 0.3) is 0 Å². The summed E-state index contributed by atoms with van der Waals surface area (Å²) >= 11 is 0. The third kappa shape index (κ3) is 2.12. The Kier molecular flexibility index (Phi) is 2.37. The number of rotatable bonds is 2. The van der Waals surface area contributed by atoms with Crippen molar-refractivity contribution in [2.45, 2.75) is 20.4 Å². The second kappa shape index (κ2) is 3.68. The van der Waals surface area contributed by atoms with Gasteiger partial charge in [0.2, 0.25) is 0 Å². The lowest BCUT2D eigenvalue weighted by Crippen LogP contribution is -2.05. The Hall–Kier alpha value is -1.91. The lowest BCUT2D eigenvalue weighted by Gasteiger charge is -2.00. The summed E-state index contributed by atoms with van der Waals surface area (Å²) in [7, 11) is 0. The van der Waals surface area contributed by atoms with E-state index in [1.807, 2.05) is 26.1 Å². The molecule has 0 aromatic carbocycles. The van der Waals surface area contributed by atoms with Gasteiger partial charge >= 0.3 is 0 Å². The number of hydrogen-bond donors (Lipinski definition) is 1. The van der Waals surface area contributed by atoms with Gasteiger partial charge in [0.1, 0.15) is 18.2 Å². The summed E-state index contributed by atoms with van der Waals surface area (Å²) in [5, 5.41) is 4.15. The third-order valence-corrected chi connectivity index (χ3v) is 2.13. The van der Waals surface area contributed by atoms with Crippen LogP contribution in [0.15, 0.2) is 18.5 Å². The van der Waals surface area contributed by atoms with Crippen LogP contribution in [0.3, 0.4) is 0 Å². The maximum atomic E-state index is 5.65. The van der Waals surface area contributed by atoms with E-state index in [1.165, 1.54) is 0 Å². The molecule has 2 rings (SSSR count). The summed E-state index contributed by atoms with van der Waals surface area (Å²) in [5.74, 6) is 1.31. The Bertz CT molecular complexity index is 455. The molecule has 0 unspecified atom stereocenters. The molecule has 5 heteroatoms. The number of anilines is 1. The van der Waals surface area contributed by atoms with Crippen LogP contribution in [0, 0.1) is 13.8 Å². The Labute approximate surface area is 88.0 Å². The molecule has 0 bridgehead atoms.